The van der Waals surface area contributed by atoms with Crippen LogP contribution >= 0.6 is 0 Å². The molecule has 0 fully saturated rings. The molecule has 2 rings (SSSR count). The Morgan fingerprint density at radius 2 is 1.70 bits per heavy atom. The van der Waals surface area contributed by atoms with Gasteiger partial charge in [0.1, 0.15) is 0 Å². The van der Waals surface area contributed by atoms with Crippen LogP contribution in [0.25, 0.3) is 5.57 Å². The van der Waals surface area contributed by atoms with E-state index in [1.807, 2.05) is 25.1 Å². The quantitative estimate of drug-likeness (QED) is 0.778. The maximum Gasteiger partial charge on any atom is 0.240 e. The zero-order chi connectivity index (χ0) is 16.9. The van der Waals surface area contributed by atoms with E-state index < -0.39 is 10.0 Å². The summed E-state index contributed by atoms with van der Waals surface area (Å²) in [6.45, 7) is 8.50. The molecule has 0 radical (unpaired) electrons. The molecule has 0 saturated carbocycles. The van der Waals surface area contributed by atoms with Crippen LogP contribution in [-0.2, 0) is 10.0 Å². The molecule has 0 amide bonds. The minimum absolute atomic E-state index is 0.306. The lowest BCUT2D eigenvalue weighted by Crippen LogP contribution is -2.24. The summed E-state index contributed by atoms with van der Waals surface area (Å²) in [7, 11) is -3.43. The van der Waals surface area contributed by atoms with Crippen LogP contribution in [-0.4, -0.2) is 15.0 Å². The lowest BCUT2D eigenvalue weighted by atomic mass is 9.98. The van der Waals surface area contributed by atoms with Crippen LogP contribution in [0.5, 0.6) is 0 Å². The Morgan fingerprint density at radius 3 is 2.35 bits per heavy atom. The molecule has 0 spiro atoms. The van der Waals surface area contributed by atoms with Gasteiger partial charge in [-0.05, 0) is 55.5 Å². The Bertz CT molecular complexity index is 777. The molecule has 0 aromatic heterocycles. The second-order valence-electron chi connectivity index (χ2n) is 5.73. The molecule has 0 saturated heterocycles. The van der Waals surface area contributed by atoms with Crippen LogP contribution in [0.1, 0.15) is 29.5 Å². The number of hydrogen-bond acceptors (Lipinski definition) is 2. The van der Waals surface area contributed by atoms with Crippen molar-refractivity contribution >= 4 is 15.6 Å². The molecule has 1 N–H and O–H groups in total. The first-order valence-corrected chi connectivity index (χ1v) is 9.18. The summed E-state index contributed by atoms with van der Waals surface area (Å²) < 4.78 is 27.0. The van der Waals surface area contributed by atoms with Crippen LogP contribution < -0.4 is 4.72 Å². The van der Waals surface area contributed by atoms with E-state index >= 15 is 0 Å². The van der Waals surface area contributed by atoms with Gasteiger partial charge in [0, 0.05) is 6.54 Å². The fourth-order valence-corrected chi connectivity index (χ4v) is 3.49. The average Bonchev–Trinajstić information content (AvgIpc) is 2.52. The zero-order valence-corrected chi connectivity index (χ0v) is 14.5. The number of aryl methyl sites for hydroxylation is 2. The van der Waals surface area contributed by atoms with Gasteiger partial charge in [-0.3, -0.25) is 0 Å². The van der Waals surface area contributed by atoms with E-state index in [9.17, 15) is 8.42 Å². The van der Waals surface area contributed by atoms with Crippen molar-refractivity contribution < 1.29 is 8.42 Å². The van der Waals surface area contributed by atoms with Gasteiger partial charge < -0.3 is 0 Å². The van der Waals surface area contributed by atoms with E-state index in [0.717, 1.165) is 29.5 Å². The van der Waals surface area contributed by atoms with Crippen molar-refractivity contribution in [2.24, 2.45) is 0 Å². The van der Waals surface area contributed by atoms with Gasteiger partial charge in [0.2, 0.25) is 10.0 Å². The van der Waals surface area contributed by atoms with Gasteiger partial charge in [0.25, 0.3) is 0 Å². The molecule has 2 aromatic carbocycles. The molecule has 23 heavy (non-hydrogen) atoms. The van der Waals surface area contributed by atoms with Crippen molar-refractivity contribution in [1.82, 2.24) is 4.72 Å². The summed E-state index contributed by atoms with van der Waals surface area (Å²) in [4.78, 5) is 0.306. The first kappa shape index (κ1) is 17.4. The summed E-state index contributed by atoms with van der Waals surface area (Å²) in [5.74, 6) is 0. The van der Waals surface area contributed by atoms with E-state index in [1.54, 1.807) is 24.3 Å². The standard InChI is InChI=1S/C19H23NO2S/c1-15-10-12-18(13-11-15)23(21,22)20-14-6-8-17(3)19-9-5-4-7-16(19)2/h4-5,7,9-13,20H,3,6,8,14H2,1-2H3. The third-order valence-electron chi connectivity index (χ3n) is 3.80. The summed E-state index contributed by atoms with van der Waals surface area (Å²) >= 11 is 0. The lowest BCUT2D eigenvalue weighted by molar-refractivity contribution is 0.579. The average molecular weight is 329 g/mol. The number of hydrogen-bond donors (Lipinski definition) is 1. The highest BCUT2D eigenvalue weighted by molar-refractivity contribution is 7.89. The number of rotatable bonds is 7. The molecule has 0 atom stereocenters. The normalized spacial score (nSPS) is 11.4. The monoisotopic (exact) mass is 329 g/mol. The van der Waals surface area contributed by atoms with Crippen molar-refractivity contribution in [3.05, 3.63) is 71.8 Å². The summed E-state index contributed by atoms with van der Waals surface area (Å²) in [6.07, 6.45) is 1.49. The van der Waals surface area contributed by atoms with Crippen LogP contribution in [0.2, 0.25) is 0 Å². The molecule has 2 aromatic rings. The lowest BCUT2D eigenvalue weighted by Gasteiger charge is -2.10. The van der Waals surface area contributed by atoms with Gasteiger partial charge >= 0.3 is 0 Å². The molecular weight excluding hydrogens is 306 g/mol. The largest absolute Gasteiger partial charge is 0.240 e. The maximum absolute atomic E-state index is 12.2. The Labute approximate surface area is 139 Å². The van der Waals surface area contributed by atoms with Crippen LogP contribution in [0.3, 0.4) is 0 Å². The summed E-state index contributed by atoms with van der Waals surface area (Å²) in [5.41, 5.74) is 4.42. The van der Waals surface area contributed by atoms with Gasteiger partial charge in [-0.25, -0.2) is 13.1 Å². The van der Waals surface area contributed by atoms with E-state index in [1.165, 1.54) is 5.56 Å². The summed E-state index contributed by atoms with van der Waals surface area (Å²) in [6, 6.07) is 15.0. The van der Waals surface area contributed by atoms with Crippen molar-refractivity contribution in [1.29, 1.82) is 0 Å². The second-order valence-corrected chi connectivity index (χ2v) is 7.50. The fourth-order valence-electron chi connectivity index (χ4n) is 2.41. The van der Waals surface area contributed by atoms with E-state index in [4.69, 9.17) is 0 Å². The van der Waals surface area contributed by atoms with E-state index in [-0.39, 0.29) is 0 Å². The molecule has 0 bridgehead atoms. The van der Waals surface area contributed by atoms with Crippen molar-refractivity contribution in [2.75, 3.05) is 6.54 Å². The number of nitrogens with one attached hydrogen (secondary N) is 1. The molecule has 122 valence electrons. The first-order chi connectivity index (χ1) is 10.9. The Balaban J connectivity index is 1.86. The SMILES string of the molecule is C=C(CCCNS(=O)(=O)c1ccc(C)cc1)c1ccccc1C. The number of benzene rings is 2. The second kappa shape index (κ2) is 7.57. The zero-order valence-electron chi connectivity index (χ0n) is 13.7. The molecule has 0 heterocycles. The van der Waals surface area contributed by atoms with Crippen molar-refractivity contribution in [3.63, 3.8) is 0 Å². The topological polar surface area (TPSA) is 46.2 Å². The molecule has 4 heteroatoms. The Morgan fingerprint density at radius 1 is 1.04 bits per heavy atom. The molecule has 0 aliphatic heterocycles. The minimum atomic E-state index is -3.43. The highest BCUT2D eigenvalue weighted by Gasteiger charge is 2.12. The van der Waals surface area contributed by atoms with Gasteiger partial charge in [-0.15, -0.1) is 0 Å². The predicted molar refractivity (Wildman–Crippen MR) is 95.8 cm³/mol. The highest BCUT2D eigenvalue weighted by atomic mass is 32.2. The summed E-state index contributed by atoms with van der Waals surface area (Å²) in [5, 5.41) is 0. The van der Waals surface area contributed by atoms with Crippen LogP contribution in [0.4, 0.5) is 0 Å². The molecule has 0 aliphatic rings. The number of allylic oxidation sites excluding steroid dienone is 1. The predicted octanol–water partition coefficient (Wildman–Crippen LogP) is 4.08. The Kier molecular flexibility index (Phi) is 5.74. The fraction of sp³-hybridized carbons (Fsp3) is 0.263. The van der Waals surface area contributed by atoms with Gasteiger partial charge in [-0.2, -0.15) is 0 Å². The van der Waals surface area contributed by atoms with Gasteiger partial charge in [-0.1, -0.05) is 48.5 Å². The van der Waals surface area contributed by atoms with Crippen molar-refractivity contribution in [2.45, 2.75) is 31.6 Å². The Hall–Kier alpha value is -1.91. The van der Waals surface area contributed by atoms with E-state index in [0.29, 0.717) is 11.4 Å². The van der Waals surface area contributed by atoms with E-state index in [2.05, 4.69) is 24.3 Å². The van der Waals surface area contributed by atoms with Crippen LogP contribution in [0.15, 0.2) is 60.0 Å². The number of sulfonamides is 1. The highest BCUT2D eigenvalue weighted by Crippen LogP contribution is 2.21. The molecule has 3 nitrogen and oxygen atoms in total. The third kappa shape index (κ3) is 4.78. The third-order valence-corrected chi connectivity index (χ3v) is 5.28. The maximum atomic E-state index is 12.2. The van der Waals surface area contributed by atoms with Crippen LogP contribution in [0, 0.1) is 13.8 Å². The molecule has 0 unspecified atom stereocenters. The first-order valence-electron chi connectivity index (χ1n) is 7.70. The molecule has 0 aliphatic carbocycles. The van der Waals surface area contributed by atoms with Gasteiger partial charge in [0.15, 0.2) is 0 Å². The van der Waals surface area contributed by atoms with Crippen molar-refractivity contribution in [3.8, 4) is 0 Å². The van der Waals surface area contributed by atoms with Gasteiger partial charge in [0.05, 0.1) is 4.90 Å². The minimum Gasteiger partial charge on any atom is -0.211 e. The smallest absolute Gasteiger partial charge is 0.211 e. The molecular formula is C19H23NO2S.